The van der Waals surface area contributed by atoms with E-state index in [-0.39, 0.29) is 22.5 Å². The van der Waals surface area contributed by atoms with Crippen LogP contribution in [0, 0.1) is 22.5 Å². The summed E-state index contributed by atoms with van der Waals surface area (Å²) in [6.07, 6.45) is 0. The average Bonchev–Trinajstić information content (AvgIpc) is 2.35. The molecule has 0 saturated heterocycles. The van der Waals surface area contributed by atoms with Crippen LogP contribution < -0.4 is 4.90 Å². The first kappa shape index (κ1) is 18.1. The maximum absolute atomic E-state index is 12.1. The molecule has 0 radical (unpaired) electrons. The Morgan fingerprint density at radius 3 is 2.36 bits per heavy atom. The third-order valence-electron chi connectivity index (χ3n) is 3.16. The van der Waals surface area contributed by atoms with E-state index in [4.69, 9.17) is 16.3 Å². The fourth-order valence-corrected chi connectivity index (χ4v) is 2.51. The number of nitro groups is 1. The molecule has 0 aliphatic carbocycles. The Morgan fingerprint density at radius 1 is 1.41 bits per heavy atom. The number of carbonyl (C=O) groups excluding carboxylic acids is 1. The second-order valence-electron chi connectivity index (χ2n) is 5.91. The van der Waals surface area contributed by atoms with Crippen molar-refractivity contribution < 1.29 is 14.5 Å². The van der Waals surface area contributed by atoms with Gasteiger partial charge in [-0.15, -0.1) is 0 Å². The zero-order chi connectivity index (χ0) is 17.2. The van der Waals surface area contributed by atoms with Crippen LogP contribution in [0.15, 0.2) is 0 Å². The highest BCUT2D eigenvalue weighted by molar-refractivity contribution is 6.28. The van der Waals surface area contributed by atoms with Crippen LogP contribution in [-0.2, 0) is 9.53 Å². The van der Waals surface area contributed by atoms with Crippen molar-refractivity contribution in [1.29, 1.82) is 0 Å². The van der Waals surface area contributed by atoms with Crippen molar-refractivity contribution in [3.05, 3.63) is 21.1 Å². The number of aryl methyl sites for hydroxylation is 1. The molecule has 0 amide bonds. The van der Waals surface area contributed by atoms with Gasteiger partial charge in [0.15, 0.2) is 0 Å². The lowest BCUT2D eigenvalue weighted by molar-refractivity contribution is -0.385. The standard InChI is InChI=1S/C13H19ClN4O4/c1-7-8(18(20)21)10(16-12(14)15-7)17(5)9(11(19)22-6)13(2,3)4/h9H,1-6H3/t9-/m1/s1. The molecule has 0 fully saturated rings. The van der Waals surface area contributed by atoms with Crippen LogP contribution in [0.1, 0.15) is 26.5 Å². The minimum atomic E-state index is -0.776. The first-order chi connectivity index (χ1) is 10.0. The molecule has 0 aliphatic rings. The van der Waals surface area contributed by atoms with Crippen molar-refractivity contribution >= 4 is 29.1 Å². The number of halogens is 1. The van der Waals surface area contributed by atoms with Crippen molar-refractivity contribution in [3.63, 3.8) is 0 Å². The summed E-state index contributed by atoms with van der Waals surface area (Å²) in [7, 11) is 2.81. The number of hydrogen-bond donors (Lipinski definition) is 0. The molecule has 0 saturated carbocycles. The highest BCUT2D eigenvalue weighted by Crippen LogP contribution is 2.34. The lowest BCUT2D eigenvalue weighted by Crippen LogP contribution is -2.49. The summed E-state index contributed by atoms with van der Waals surface area (Å²) >= 11 is 5.82. The number of methoxy groups -OCH3 is 1. The normalized spacial score (nSPS) is 12.7. The first-order valence-corrected chi connectivity index (χ1v) is 6.87. The summed E-state index contributed by atoms with van der Waals surface area (Å²) in [4.78, 5) is 32.0. The van der Waals surface area contributed by atoms with Crippen LogP contribution in [-0.4, -0.2) is 41.1 Å². The van der Waals surface area contributed by atoms with Crippen LogP contribution >= 0.6 is 11.6 Å². The van der Waals surface area contributed by atoms with E-state index in [1.807, 2.05) is 20.8 Å². The van der Waals surface area contributed by atoms with E-state index in [1.54, 1.807) is 0 Å². The molecule has 9 heteroatoms. The lowest BCUT2D eigenvalue weighted by atomic mass is 9.85. The fourth-order valence-electron chi connectivity index (χ4n) is 2.30. The second-order valence-corrected chi connectivity index (χ2v) is 6.25. The van der Waals surface area contributed by atoms with Gasteiger partial charge in [0.1, 0.15) is 11.7 Å². The summed E-state index contributed by atoms with van der Waals surface area (Å²) in [5.41, 5.74) is -0.699. The molecule has 0 spiro atoms. The highest BCUT2D eigenvalue weighted by atomic mass is 35.5. The Hall–Kier alpha value is -1.96. The molecule has 1 aromatic rings. The molecule has 1 heterocycles. The van der Waals surface area contributed by atoms with Crippen LogP contribution in [0.3, 0.4) is 0 Å². The fraction of sp³-hybridized carbons (Fsp3) is 0.615. The minimum absolute atomic E-state index is 0.0205. The van der Waals surface area contributed by atoms with Gasteiger partial charge < -0.3 is 9.64 Å². The van der Waals surface area contributed by atoms with Crippen molar-refractivity contribution in [2.75, 3.05) is 19.1 Å². The van der Waals surface area contributed by atoms with Gasteiger partial charge in [-0.3, -0.25) is 10.1 Å². The molecule has 0 unspecified atom stereocenters. The first-order valence-electron chi connectivity index (χ1n) is 6.50. The van der Waals surface area contributed by atoms with Gasteiger partial charge >= 0.3 is 11.7 Å². The molecule has 0 bridgehead atoms. The van der Waals surface area contributed by atoms with Gasteiger partial charge in [-0.1, -0.05) is 20.8 Å². The number of likely N-dealkylation sites (N-methyl/N-ethyl adjacent to an activating group) is 1. The number of anilines is 1. The number of carbonyl (C=O) groups is 1. The molecule has 122 valence electrons. The number of rotatable bonds is 4. The van der Waals surface area contributed by atoms with E-state index in [0.717, 1.165) is 0 Å². The molecule has 22 heavy (non-hydrogen) atoms. The molecule has 1 atom stereocenters. The Balaban J connectivity index is 3.51. The molecular formula is C13H19ClN4O4. The van der Waals surface area contributed by atoms with Crippen molar-refractivity contribution in [3.8, 4) is 0 Å². The third-order valence-corrected chi connectivity index (χ3v) is 3.33. The molecule has 0 N–H and O–H groups in total. The van der Waals surface area contributed by atoms with Gasteiger partial charge in [0, 0.05) is 7.05 Å². The van der Waals surface area contributed by atoms with Crippen LogP contribution in [0.5, 0.6) is 0 Å². The van der Waals surface area contributed by atoms with E-state index >= 15 is 0 Å². The molecule has 1 aromatic heterocycles. The molecule has 0 aliphatic heterocycles. The largest absolute Gasteiger partial charge is 0.467 e. The minimum Gasteiger partial charge on any atom is -0.467 e. The van der Waals surface area contributed by atoms with Gasteiger partial charge in [0.2, 0.25) is 11.1 Å². The molecular weight excluding hydrogens is 312 g/mol. The van der Waals surface area contributed by atoms with Crippen LogP contribution in [0.25, 0.3) is 0 Å². The van der Waals surface area contributed by atoms with Crippen LogP contribution in [0.2, 0.25) is 5.28 Å². The summed E-state index contributed by atoms with van der Waals surface area (Å²) in [5.74, 6) is -0.537. The Morgan fingerprint density at radius 2 is 1.95 bits per heavy atom. The van der Waals surface area contributed by atoms with Crippen molar-refractivity contribution in [2.45, 2.75) is 33.7 Å². The number of hydrogen-bond acceptors (Lipinski definition) is 7. The van der Waals surface area contributed by atoms with Crippen molar-refractivity contribution in [1.82, 2.24) is 9.97 Å². The zero-order valence-corrected chi connectivity index (χ0v) is 14.1. The Labute approximate surface area is 133 Å². The monoisotopic (exact) mass is 330 g/mol. The van der Waals surface area contributed by atoms with Crippen molar-refractivity contribution in [2.24, 2.45) is 5.41 Å². The van der Waals surface area contributed by atoms with Gasteiger partial charge in [-0.05, 0) is 23.9 Å². The van der Waals surface area contributed by atoms with Gasteiger partial charge in [-0.2, -0.15) is 4.98 Å². The lowest BCUT2D eigenvalue weighted by Gasteiger charge is -2.36. The summed E-state index contributed by atoms with van der Waals surface area (Å²) < 4.78 is 4.82. The van der Waals surface area contributed by atoms with E-state index in [9.17, 15) is 14.9 Å². The summed E-state index contributed by atoms with van der Waals surface area (Å²) in [5, 5.41) is 11.2. The summed E-state index contributed by atoms with van der Waals surface area (Å²) in [6.45, 7) is 6.94. The number of aromatic nitrogens is 2. The van der Waals surface area contributed by atoms with E-state index in [0.29, 0.717) is 0 Å². The average molecular weight is 331 g/mol. The quantitative estimate of drug-likeness (QED) is 0.361. The SMILES string of the molecule is COC(=O)[C@@H](N(C)c1nc(Cl)nc(C)c1[N+](=O)[O-])C(C)(C)C. The predicted octanol–water partition coefficient (Wildman–Crippen LogP) is 2.37. The molecule has 8 nitrogen and oxygen atoms in total. The third kappa shape index (κ3) is 3.62. The zero-order valence-electron chi connectivity index (χ0n) is 13.4. The smallest absolute Gasteiger partial charge is 0.332 e. The predicted molar refractivity (Wildman–Crippen MR) is 82.1 cm³/mol. The number of nitrogens with zero attached hydrogens (tertiary/aromatic N) is 4. The molecule has 1 rings (SSSR count). The topological polar surface area (TPSA) is 98.5 Å². The van der Waals surface area contributed by atoms with Gasteiger partial charge in [-0.25, -0.2) is 9.78 Å². The highest BCUT2D eigenvalue weighted by Gasteiger charge is 2.39. The summed E-state index contributed by atoms with van der Waals surface area (Å²) in [6, 6.07) is -0.776. The van der Waals surface area contributed by atoms with Gasteiger partial charge in [0.05, 0.1) is 12.0 Å². The van der Waals surface area contributed by atoms with Crippen LogP contribution in [0.4, 0.5) is 11.5 Å². The Kier molecular flexibility index (Phi) is 5.29. The van der Waals surface area contributed by atoms with E-state index in [1.165, 1.54) is 26.0 Å². The van der Waals surface area contributed by atoms with E-state index < -0.39 is 22.3 Å². The second kappa shape index (κ2) is 6.43. The van der Waals surface area contributed by atoms with E-state index in [2.05, 4.69) is 9.97 Å². The Bertz CT molecular complexity index is 600. The maximum Gasteiger partial charge on any atom is 0.332 e. The van der Waals surface area contributed by atoms with Gasteiger partial charge in [0.25, 0.3) is 0 Å². The molecule has 0 aromatic carbocycles. The number of ether oxygens (including phenoxy) is 1. The number of esters is 1. The maximum atomic E-state index is 12.1.